The van der Waals surface area contributed by atoms with Crippen molar-refractivity contribution in [1.29, 1.82) is 0 Å². The van der Waals surface area contributed by atoms with Gasteiger partial charge in [-0.05, 0) is 81.9 Å². The molecule has 0 aromatic heterocycles. The maximum absolute atomic E-state index is 14.7. The third-order valence-electron chi connectivity index (χ3n) is 9.11. The topological polar surface area (TPSA) is 91.8 Å². The molecular formula is C35H52FN3O6. The molecule has 1 aromatic carbocycles. The smallest absolute Gasteiger partial charge is 0.410 e. The Kier molecular flexibility index (Phi) is 12.1. The Hall–Kier alpha value is -2.95. The quantitative estimate of drug-likeness (QED) is 0.356. The molecule has 1 aromatic rings. The summed E-state index contributed by atoms with van der Waals surface area (Å²) in [5.41, 5.74) is 2.23. The third-order valence-corrected chi connectivity index (χ3v) is 9.11. The van der Waals surface area contributed by atoms with Crippen LogP contribution < -0.4 is 4.90 Å². The summed E-state index contributed by atoms with van der Waals surface area (Å²) in [5, 5.41) is 10.6. The van der Waals surface area contributed by atoms with Crippen LogP contribution in [0.3, 0.4) is 0 Å². The van der Waals surface area contributed by atoms with Crippen LogP contribution in [0.2, 0.25) is 0 Å². The average molecular weight is 630 g/mol. The van der Waals surface area contributed by atoms with Crippen molar-refractivity contribution in [3.8, 4) is 0 Å². The number of cyclic esters (lactones) is 1. The molecule has 2 fully saturated rings. The molecule has 1 N–H and O–H groups in total. The first-order valence-electron chi connectivity index (χ1n) is 16.4. The molecule has 45 heavy (non-hydrogen) atoms. The van der Waals surface area contributed by atoms with Crippen LogP contribution in [0.5, 0.6) is 0 Å². The van der Waals surface area contributed by atoms with Crippen LogP contribution in [0.15, 0.2) is 35.9 Å². The minimum Gasteiger partial charge on any atom is -0.457 e. The lowest BCUT2D eigenvalue weighted by molar-refractivity contribution is -0.151. The van der Waals surface area contributed by atoms with Gasteiger partial charge < -0.3 is 29.1 Å². The Morgan fingerprint density at radius 1 is 1.02 bits per heavy atom. The van der Waals surface area contributed by atoms with Gasteiger partial charge in [0.15, 0.2) is 0 Å². The SMILES string of the molecule is C/C(=C\c1cc(F)cc(N2CCOCC2)c1)[C@H]1OC(=O)C[C@H](O)CC[C@H](C)[C@@H](OC(=O)N2CCN(C(C)(C)C)CC2)/C=C\[C@@H]1C. The summed E-state index contributed by atoms with van der Waals surface area (Å²) in [6, 6.07) is 4.92. The normalized spacial score (nSPS) is 28.9. The molecule has 3 aliphatic rings. The second-order valence-corrected chi connectivity index (χ2v) is 13.8. The first-order valence-corrected chi connectivity index (χ1v) is 16.4. The van der Waals surface area contributed by atoms with E-state index in [1.54, 1.807) is 4.90 Å². The summed E-state index contributed by atoms with van der Waals surface area (Å²) >= 11 is 0. The van der Waals surface area contributed by atoms with Crippen molar-refractivity contribution in [2.75, 3.05) is 57.4 Å². The summed E-state index contributed by atoms with van der Waals surface area (Å²) in [4.78, 5) is 32.4. The van der Waals surface area contributed by atoms with Crippen molar-refractivity contribution in [1.82, 2.24) is 9.80 Å². The van der Waals surface area contributed by atoms with Crippen molar-refractivity contribution in [3.63, 3.8) is 0 Å². The Balaban J connectivity index is 1.53. The minimum absolute atomic E-state index is 0.0457. The van der Waals surface area contributed by atoms with Crippen molar-refractivity contribution in [3.05, 3.63) is 47.3 Å². The van der Waals surface area contributed by atoms with Crippen LogP contribution in [-0.2, 0) is 19.0 Å². The molecule has 10 heteroatoms. The number of benzene rings is 1. The van der Waals surface area contributed by atoms with E-state index >= 15 is 0 Å². The molecule has 0 saturated carbocycles. The van der Waals surface area contributed by atoms with Gasteiger partial charge in [0.25, 0.3) is 0 Å². The molecule has 0 spiro atoms. The second kappa shape index (κ2) is 15.6. The zero-order valence-corrected chi connectivity index (χ0v) is 27.8. The monoisotopic (exact) mass is 629 g/mol. The zero-order valence-electron chi connectivity index (χ0n) is 27.8. The highest BCUT2D eigenvalue weighted by atomic mass is 19.1. The van der Waals surface area contributed by atoms with E-state index in [0.717, 1.165) is 24.4 Å². The number of aliphatic hydroxyl groups is 1. The van der Waals surface area contributed by atoms with E-state index in [-0.39, 0.29) is 35.7 Å². The second-order valence-electron chi connectivity index (χ2n) is 13.8. The fourth-order valence-corrected chi connectivity index (χ4v) is 6.23. The van der Waals surface area contributed by atoms with Crippen LogP contribution in [0.4, 0.5) is 14.9 Å². The van der Waals surface area contributed by atoms with E-state index in [1.807, 2.05) is 45.1 Å². The lowest BCUT2D eigenvalue weighted by atomic mass is 9.91. The number of nitrogens with zero attached hydrogens (tertiary/aromatic N) is 3. The highest BCUT2D eigenvalue weighted by Crippen LogP contribution is 2.28. The van der Waals surface area contributed by atoms with Crippen molar-refractivity contribution in [2.24, 2.45) is 11.8 Å². The Morgan fingerprint density at radius 2 is 1.71 bits per heavy atom. The number of esters is 1. The number of amides is 1. The number of ether oxygens (including phenoxy) is 3. The van der Waals surface area contributed by atoms with E-state index in [0.29, 0.717) is 57.8 Å². The molecule has 3 heterocycles. The maximum atomic E-state index is 14.7. The van der Waals surface area contributed by atoms with Gasteiger partial charge in [-0.2, -0.15) is 0 Å². The molecule has 9 nitrogen and oxygen atoms in total. The predicted octanol–water partition coefficient (Wildman–Crippen LogP) is 5.27. The maximum Gasteiger partial charge on any atom is 0.410 e. The lowest BCUT2D eigenvalue weighted by Gasteiger charge is -2.42. The molecule has 0 unspecified atom stereocenters. The number of rotatable bonds is 4. The number of hydrogen-bond acceptors (Lipinski definition) is 8. The van der Waals surface area contributed by atoms with Crippen LogP contribution in [0, 0.1) is 17.7 Å². The van der Waals surface area contributed by atoms with Gasteiger partial charge in [-0.15, -0.1) is 0 Å². The van der Waals surface area contributed by atoms with Crippen molar-refractivity contribution in [2.45, 2.75) is 84.7 Å². The Labute approximate surface area is 268 Å². The molecule has 0 aliphatic carbocycles. The molecular weight excluding hydrogens is 577 g/mol. The number of carbonyl (C=O) groups is 2. The summed E-state index contributed by atoms with van der Waals surface area (Å²) in [6.45, 7) is 17.7. The van der Waals surface area contributed by atoms with Gasteiger partial charge in [0.1, 0.15) is 18.0 Å². The first kappa shape index (κ1) is 34.9. The predicted molar refractivity (Wildman–Crippen MR) is 173 cm³/mol. The van der Waals surface area contributed by atoms with Crippen LogP contribution in [-0.4, -0.2) is 103 Å². The van der Waals surface area contributed by atoms with Gasteiger partial charge in [0, 0.05) is 56.4 Å². The summed E-state index contributed by atoms with van der Waals surface area (Å²) in [6.07, 6.45) is 4.12. The van der Waals surface area contributed by atoms with Gasteiger partial charge in [-0.1, -0.05) is 26.0 Å². The first-order chi connectivity index (χ1) is 21.3. The summed E-state index contributed by atoms with van der Waals surface area (Å²) < 4.78 is 32.1. The molecule has 2 saturated heterocycles. The molecule has 250 valence electrons. The molecule has 4 rings (SSSR count). The Bertz CT molecular complexity index is 1220. The van der Waals surface area contributed by atoms with E-state index in [1.165, 1.54) is 12.1 Å². The average Bonchev–Trinajstić information content (AvgIpc) is 2.99. The highest BCUT2D eigenvalue weighted by molar-refractivity contribution is 5.71. The number of piperazine rings is 1. The van der Waals surface area contributed by atoms with Gasteiger partial charge in [0.2, 0.25) is 0 Å². The van der Waals surface area contributed by atoms with Gasteiger partial charge in [-0.3, -0.25) is 9.69 Å². The standard InChI is InChI=1S/C35H52FN3O6/c1-24-7-9-30(40)23-32(41)45-33(26(3)19-27-20-28(36)22-29(21-27)37-15-17-43-18-16-37)25(2)8-10-31(24)44-34(42)38-11-13-39(14-12-38)35(4,5)6/h8,10,19-22,24-25,30-31,33,40H,7,9,11-18,23H2,1-6H3/b10-8-,26-19+/t24-,25-,30+,31-,33-/m0/s1. The zero-order chi connectivity index (χ0) is 32.7. The van der Waals surface area contributed by atoms with Crippen molar-refractivity contribution < 1.29 is 33.3 Å². The fraction of sp³-hybridized carbons (Fsp3) is 0.657. The number of carbonyl (C=O) groups excluding carboxylic acids is 2. The van der Waals surface area contributed by atoms with Gasteiger partial charge >= 0.3 is 12.1 Å². The number of halogens is 1. The molecule has 3 aliphatic heterocycles. The van der Waals surface area contributed by atoms with Crippen LogP contribution in [0.25, 0.3) is 6.08 Å². The van der Waals surface area contributed by atoms with Crippen LogP contribution >= 0.6 is 0 Å². The van der Waals surface area contributed by atoms with Crippen molar-refractivity contribution >= 4 is 23.8 Å². The largest absolute Gasteiger partial charge is 0.457 e. The molecule has 1 amide bonds. The molecule has 5 atom stereocenters. The van der Waals surface area contributed by atoms with Gasteiger partial charge in [-0.25, -0.2) is 9.18 Å². The number of aliphatic hydroxyl groups excluding tert-OH is 1. The van der Waals surface area contributed by atoms with Crippen LogP contribution in [0.1, 0.15) is 66.4 Å². The molecule has 0 bridgehead atoms. The fourth-order valence-electron chi connectivity index (χ4n) is 6.23. The highest BCUT2D eigenvalue weighted by Gasteiger charge is 2.31. The van der Waals surface area contributed by atoms with E-state index < -0.39 is 24.3 Å². The Morgan fingerprint density at radius 3 is 2.38 bits per heavy atom. The third kappa shape index (κ3) is 10.0. The van der Waals surface area contributed by atoms with E-state index in [4.69, 9.17) is 14.2 Å². The number of morpholine rings is 1. The molecule has 0 radical (unpaired) electrons. The minimum atomic E-state index is -0.871. The van der Waals surface area contributed by atoms with Gasteiger partial charge in [0.05, 0.1) is 25.7 Å². The van der Waals surface area contributed by atoms with E-state index in [2.05, 4.69) is 30.6 Å². The number of hydrogen-bond donors (Lipinski definition) is 1. The number of anilines is 1. The van der Waals surface area contributed by atoms with E-state index in [9.17, 15) is 19.1 Å². The summed E-state index contributed by atoms with van der Waals surface area (Å²) in [5.74, 6) is -1.18. The lowest BCUT2D eigenvalue weighted by Crippen LogP contribution is -2.55. The summed E-state index contributed by atoms with van der Waals surface area (Å²) in [7, 11) is 0.